The van der Waals surface area contributed by atoms with Crippen LogP contribution in [0.5, 0.6) is 0 Å². The lowest BCUT2D eigenvalue weighted by molar-refractivity contribution is -0.387. The zero-order valence-corrected chi connectivity index (χ0v) is 11.7. The third-order valence-electron chi connectivity index (χ3n) is 2.78. The SMILES string of the molecule is Cc1ccc(NS(=O)(=O)c2ccccc2[N+](=O)[O-])cc1F. The number of nitro groups is 1. The number of halogens is 1. The van der Waals surface area contributed by atoms with Crippen molar-refractivity contribution in [3.05, 3.63) is 64.0 Å². The molecule has 0 aromatic heterocycles. The van der Waals surface area contributed by atoms with Crippen molar-refractivity contribution >= 4 is 21.4 Å². The molecular weight excluding hydrogens is 299 g/mol. The molecule has 2 aromatic rings. The number of nitro benzene ring substituents is 1. The van der Waals surface area contributed by atoms with Crippen LogP contribution in [0.2, 0.25) is 0 Å². The van der Waals surface area contributed by atoms with Gasteiger partial charge in [0.1, 0.15) is 5.82 Å². The topological polar surface area (TPSA) is 89.3 Å². The lowest BCUT2D eigenvalue weighted by Crippen LogP contribution is -2.14. The highest BCUT2D eigenvalue weighted by Gasteiger charge is 2.25. The van der Waals surface area contributed by atoms with E-state index in [4.69, 9.17) is 0 Å². The summed E-state index contributed by atoms with van der Waals surface area (Å²) in [4.78, 5) is 9.61. The van der Waals surface area contributed by atoms with Gasteiger partial charge in [-0.15, -0.1) is 0 Å². The number of rotatable bonds is 4. The van der Waals surface area contributed by atoms with Crippen molar-refractivity contribution in [2.24, 2.45) is 0 Å². The molecule has 21 heavy (non-hydrogen) atoms. The van der Waals surface area contributed by atoms with E-state index in [9.17, 15) is 22.9 Å². The zero-order valence-electron chi connectivity index (χ0n) is 10.9. The van der Waals surface area contributed by atoms with Gasteiger partial charge >= 0.3 is 0 Å². The Morgan fingerprint density at radius 2 is 1.86 bits per heavy atom. The van der Waals surface area contributed by atoms with Gasteiger partial charge in [-0.2, -0.15) is 0 Å². The van der Waals surface area contributed by atoms with Gasteiger partial charge in [0.05, 0.1) is 10.6 Å². The number of aryl methyl sites for hydroxylation is 1. The Hall–Kier alpha value is -2.48. The summed E-state index contributed by atoms with van der Waals surface area (Å²) in [7, 11) is -4.18. The van der Waals surface area contributed by atoms with Gasteiger partial charge < -0.3 is 0 Å². The number of benzene rings is 2. The Morgan fingerprint density at radius 3 is 2.48 bits per heavy atom. The Labute approximate surface area is 120 Å². The van der Waals surface area contributed by atoms with Gasteiger partial charge in [0.25, 0.3) is 15.7 Å². The highest BCUT2D eigenvalue weighted by molar-refractivity contribution is 7.92. The second-order valence-electron chi connectivity index (χ2n) is 4.29. The molecule has 0 amide bonds. The second-order valence-corrected chi connectivity index (χ2v) is 5.95. The minimum absolute atomic E-state index is 0.00347. The molecule has 0 saturated carbocycles. The van der Waals surface area contributed by atoms with E-state index in [1.165, 1.54) is 31.2 Å². The summed E-state index contributed by atoms with van der Waals surface area (Å²) in [6.45, 7) is 1.54. The van der Waals surface area contributed by atoms with E-state index in [0.717, 1.165) is 18.2 Å². The fourth-order valence-electron chi connectivity index (χ4n) is 1.70. The Morgan fingerprint density at radius 1 is 1.19 bits per heavy atom. The highest BCUT2D eigenvalue weighted by Crippen LogP contribution is 2.25. The standard InChI is InChI=1S/C13H11FN2O4S/c1-9-6-7-10(8-11(9)14)15-21(19,20)13-5-3-2-4-12(13)16(17)18/h2-8,15H,1H3. The molecule has 0 heterocycles. The normalized spacial score (nSPS) is 11.1. The first-order chi connectivity index (χ1) is 9.81. The largest absolute Gasteiger partial charge is 0.289 e. The van der Waals surface area contributed by atoms with Crippen molar-refractivity contribution in [3.63, 3.8) is 0 Å². The van der Waals surface area contributed by atoms with E-state index in [1.54, 1.807) is 0 Å². The summed E-state index contributed by atoms with van der Waals surface area (Å²) >= 11 is 0. The lowest BCUT2D eigenvalue weighted by atomic mass is 10.2. The van der Waals surface area contributed by atoms with Crippen molar-refractivity contribution < 1.29 is 17.7 Å². The van der Waals surface area contributed by atoms with Gasteiger partial charge in [-0.05, 0) is 30.7 Å². The average molecular weight is 310 g/mol. The summed E-state index contributed by atoms with van der Waals surface area (Å²) in [6, 6.07) is 8.74. The van der Waals surface area contributed by atoms with Crippen LogP contribution in [0, 0.1) is 22.9 Å². The van der Waals surface area contributed by atoms with Gasteiger partial charge in [-0.3, -0.25) is 14.8 Å². The molecule has 0 fully saturated rings. The van der Waals surface area contributed by atoms with Crippen molar-refractivity contribution in [2.75, 3.05) is 4.72 Å². The van der Waals surface area contributed by atoms with E-state index in [1.807, 2.05) is 0 Å². The molecule has 0 aliphatic heterocycles. The number of anilines is 1. The van der Waals surface area contributed by atoms with Gasteiger partial charge in [0.2, 0.25) is 0 Å². The molecule has 0 saturated heterocycles. The molecule has 2 rings (SSSR count). The number of nitrogens with zero attached hydrogens (tertiary/aromatic N) is 1. The molecular formula is C13H11FN2O4S. The number of hydrogen-bond acceptors (Lipinski definition) is 4. The maximum atomic E-state index is 13.4. The fraction of sp³-hybridized carbons (Fsp3) is 0.0769. The van der Waals surface area contributed by atoms with Gasteiger partial charge in [-0.25, -0.2) is 12.8 Å². The Bertz CT molecular complexity index is 806. The number of para-hydroxylation sites is 1. The van der Waals surface area contributed by atoms with Crippen LogP contribution in [-0.2, 0) is 10.0 Å². The maximum Gasteiger partial charge on any atom is 0.289 e. The Balaban J connectivity index is 2.43. The first-order valence-electron chi connectivity index (χ1n) is 5.83. The summed E-state index contributed by atoms with van der Waals surface area (Å²) in [5.41, 5.74) is -0.183. The maximum absolute atomic E-state index is 13.4. The zero-order chi connectivity index (χ0) is 15.6. The van der Waals surface area contributed by atoms with Gasteiger partial charge in [0, 0.05) is 6.07 Å². The minimum Gasteiger partial charge on any atom is -0.279 e. The van der Waals surface area contributed by atoms with Crippen molar-refractivity contribution in [1.29, 1.82) is 0 Å². The molecule has 0 atom stereocenters. The molecule has 0 radical (unpaired) electrons. The molecule has 8 heteroatoms. The second kappa shape index (κ2) is 5.49. The third-order valence-corrected chi connectivity index (χ3v) is 4.20. The monoisotopic (exact) mass is 310 g/mol. The highest BCUT2D eigenvalue weighted by atomic mass is 32.2. The van der Waals surface area contributed by atoms with E-state index < -0.39 is 31.3 Å². The van der Waals surface area contributed by atoms with Crippen molar-refractivity contribution in [2.45, 2.75) is 11.8 Å². The van der Waals surface area contributed by atoms with Crippen LogP contribution in [0.4, 0.5) is 15.8 Å². The number of hydrogen-bond donors (Lipinski definition) is 1. The smallest absolute Gasteiger partial charge is 0.279 e. The predicted octanol–water partition coefficient (Wildman–Crippen LogP) is 2.84. The van der Waals surface area contributed by atoms with E-state index >= 15 is 0 Å². The van der Waals surface area contributed by atoms with Crippen LogP contribution in [0.25, 0.3) is 0 Å². The van der Waals surface area contributed by atoms with E-state index in [0.29, 0.717) is 5.56 Å². The summed E-state index contributed by atoms with van der Waals surface area (Å²) in [5.74, 6) is -0.572. The molecule has 6 nitrogen and oxygen atoms in total. The predicted molar refractivity (Wildman–Crippen MR) is 75.0 cm³/mol. The van der Waals surface area contributed by atoms with Crippen LogP contribution in [0.3, 0.4) is 0 Å². The van der Waals surface area contributed by atoms with Crippen molar-refractivity contribution in [1.82, 2.24) is 0 Å². The number of nitrogens with one attached hydrogen (secondary N) is 1. The molecule has 1 N–H and O–H groups in total. The van der Waals surface area contributed by atoms with Gasteiger partial charge in [-0.1, -0.05) is 18.2 Å². The number of sulfonamides is 1. The van der Waals surface area contributed by atoms with Crippen LogP contribution in [-0.4, -0.2) is 13.3 Å². The summed E-state index contributed by atoms with van der Waals surface area (Å²) in [5, 5.41) is 10.9. The van der Waals surface area contributed by atoms with Crippen molar-refractivity contribution in [3.8, 4) is 0 Å². The molecule has 0 aliphatic carbocycles. The minimum atomic E-state index is -4.18. The molecule has 0 bridgehead atoms. The summed E-state index contributed by atoms with van der Waals surface area (Å²) < 4.78 is 39.9. The molecule has 0 spiro atoms. The molecule has 2 aromatic carbocycles. The average Bonchev–Trinajstić information content (AvgIpc) is 2.42. The quantitative estimate of drug-likeness (QED) is 0.694. The van der Waals surface area contributed by atoms with E-state index in [-0.39, 0.29) is 5.69 Å². The first-order valence-corrected chi connectivity index (χ1v) is 7.32. The van der Waals surface area contributed by atoms with Crippen LogP contribution >= 0.6 is 0 Å². The van der Waals surface area contributed by atoms with Gasteiger partial charge in [0.15, 0.2) is 4.90 Å². The third kappa shape index (κ3) is 3.16. The molecule has 110 valence electrons. The molecule has 0 unspecified atom stereocenters. The van der Waals surface area contributed by atoms with Crippen LogP contribution < -0.4 is 4.72 Å². The van der Waals surface area contributed by atoms with Crippen LogP contribution in [0.15, 0.2) is 47.4 Å². The molecule has 0 aliphatic rings. The lowest BCUT2D eigenvalue weighted by Gasteiger charge is -2.09. The van der Waals surface area contributed by atoms with E-state index in [2.05, 4.69) is 4.72 Å². The Kier molecular flexibility index (Phi) is 3.90. The first kappa shape index (κ1) is 14.9. The van der Waals surface area contributed by atoms with Crippen LogP contribution in [0.1, 0.15) is 5.56 Å². The summed E-state index contributed by atoms with van der Waals surface area (Å²) in [6.07, 6.45) is 0. The fourth-order valence-corrected chi connectivity index (χ4v) is 2.92.